The fourth-order valence-corrected chi connectivity index (χ4v) is 1.09. The third-order valence-electron chi connectivity index (χ3n) is 1.69. The normalized spacial score (nSPS) is 14.5. The molecule has 0 saturated heterocycles. The SMILES string of the molecule is [B]C(O)(CC#N)c1ccc(Cl)cc1. The first-order chi connectivity index (χ1) is 6.06. The fraction of sp³-hybridized carbons (Fsp3) is 0.222. The summed E-state index contributed by atoms with van der Waals surface area (Å²) in [5, 5.41) is 18.6. The Balaban J connectivity index is 2.95. The summed E-state index contributed by atoms with van der Waals surface area (Å²) in [5.74, 6) is 0. The van der Waals surface area contributed by atoms with Gasteiger partial charge in [0.25, 0.3) is 0 Å². The molecule has 1 rings (SSSR count). The highest BCUT2D eigenvalue weighted by Crippen LogP contribution is 2.22. The average Bonchev–Trinajstić information content (AvgIpc) is 2.05. The van der Waals surface area contributed by atoms with Crippen LogP contribution in [0.1, 0.15) is 12.0 Å². The van der Waals surface area contributed by atoms with Crippen molar-refractivity contribution < 1.29 is 5.11 Å². The van der Waals surface area contributed by atoms with Crippen molar-refractivity contribution in [2.24, 2.45) is 0 Å². The first-order valence-corrected chi connectivity index (χ1v) is 4.08. The Morgan fingerprint density at radius 1 is 1.46 bits per heavy atom. The Kier molecular flexibility index (Phi) is 2.97. The molecule has 2 radical (unpaired) electrons. The summed E-state index contributed by atoms with van der Waals surface area (Å²) in [5.41, 5.74) is -1.10. The van der Waals surface area contributed by atoms with E-state index >= 15 is 0 Å². The van der Waals surface area contributed by atoms with E-state index in [-0.39, 0.29) is 6.42 Å². The van der Waals surface area contributed by atoms with Gasteiger partial charge in [-0.15, -0.1) is 0 Å². The molecule has 0 aromatic heterocycles. The van der Waals surface area contributed by atoms with E-state index in [0.717, 1.165) is 0 Å². The van der Waals surface area contributed by atoms with Crippen LogP contribution in [0.3, 0.4) is 0 Å². The highest BCUT2D eigenvalue weighted by atomic mass is 35.5. The van der Waals surface area contributed by atoms with E-state index < -0.39 is 5.50 Å². The maximum atomic E-state index is 9.59. The highest BCUT2D eigenvalue weighted by Gasteiger charge is 2.21. The van der Waals surface area contributed by atoms with Gasteiger partial charge in [-0.2, -0.15) is 5.26 Å². The molecule has 0 aliphatic heterocycles. The maximum absolute atomic E-state index is 9.59. The first-order valence-electron chi connectivity index (χ1n) is 3.70. The summed E-state index contributed by atoms with van der Waals surface area (Å²) in [4.78, 5) is 0. The van der Waals surface area contributed by atoms with Crippen LogP contribution in [0.25, 0.3) is 0 Å². The van der Waals surface area contributed by atoms with Crippen LogP contribution in [0.2, 0.25) is 5.02 Å². The molecule has 64 valence electrons. The molecule has 1 atom stereocenters. The van der Waals surface area contributed by atoms with Crippen LogP contribution in [0.15, 0.2) is 24.3 Å². The second-order valence-corrected chi connectivity index (χ2v) is 3.20. The van der Waals surface area contributed by atoms with Crippen molar-refractivity contribution in [1.29, 1.82) is 5.26 Å². The van der Waals surface area contributed by atoms with Crippen molar-refractivity contribution in [3.63, 3.8) is 0 Å². The number of nitriles is 1. The Morgan fingerprint density at radius 3 is 2.46 bits per heavy atom. The molecule has 1 aromatic carbocycles. The van der Waals surface area contributed by atoms with E-state index in [0.29, 0.717) is 10.6 Å². The molecular weight excluding hydrogens is 184 g/mol. The van der Waals surface area contributed by atoms with Crippen molar-refractivity contribution in [2.45, 2.75) is 11.9 Å². The molecule has 13 heavy (non-hydrogen) atoms. The van der Waals surface area contributed by atoms with Crippen LogP contribution >= 0.6 is 11.6 Å². The second-order valence-electron chi connectivity index (χ2n) is 2.77. The quantitative estimate of drug-likeness (QED) is 0.721. The van der Waals surface area contributed by atoms with Gasteiger partial charge < -0.3 is 5.11 Å². The van der Waals surface area contributed by atoms with Crippen molar-refractivity contribution in [3.05, 3.63) is 34.9 Å². The van der Waals surface area contributed by atoms with Crippen molar-refractivity contribution in [3.8, 4) is 6.07 Å². The Hall–Kier alpha value is -0.975. The lowest BCUT2D eigenvalue weighted by Gasteiger charge is -2.20. The number of halogens is 1. The molecule has 0 aliphatic carbocycles. The standard InChI is InChI=1S/C9H7BClNO/c10-9(13,5-6-12)7-1-3-8(11)4-2-7/h1-4,13H,5H2. The third-order valence-corrected chi connectivity index (χ3v) is 1.94. The second kappa shape index (κ2) is 3.82. The summed E-state index contributed by atoms with van der Waals surface area (Å²) in [7, 11) is 5.49. The van der Waals surface area contributed by atoms with E-state index in [9.17, 15) is 5.11 Å². The molecular formula is C9H7BClNO. The average molecular weight is 191 g/mol. The van der Waals surface area contributed by atoms with Crippen molar-refractivity contribution in [1.82, 2.24) is 0 Å². The van der Waals surface area contributed by atoms with Gasteiger partial charge in [-0.25, -0.2) is 0 Å². The number of aliphatic hydroxyl groups is 1. The van der Waals surface area contributed by atoms with Gasteiger partial charge in [0, 0.05) is 5.02 Å². The van der Waals surface area contributed by atoms with Gasteiger partial charge in [0.2, 0.25) is 0 Å². The van der Waals surface area contributed by atoms with Gasteiger partial charge in [-0.1, -0.05) is 23.7 Å². The number of nitrogens with zero attached hydrogens (tertiary/aromatic N) is 1. The van der Waals surface area contributed by atoms with Gasteiger partial charge in [0.1, 0.15) is 7.85 Å². The van der Waals surface area contributed by atoms with Gasteiger partial charge in [0.05, 0.1) is 18.0 Å². The zero-order chi connectivity index (χ0) is 9.90. The molecule has 1 N–H and O–H groups in total. The number of hydrogen-bond donors (Lipinski definition) is 1. The number of hydrogen-bond acceptors (Lipinski definition) is 2. The van der Waals surface area contributed by atoms with Crippen molar-refractivity contribution in [2.75, 3.05) is 0 Å². The molecule has 0 fully saturated rings. The van der Waals surface area contributed by atoms with Crippen molar-refractivity contribution >= 4 is 19.4 Å². The topological polar surface area (TPSA) is 44.0 Å². The summed E-state index contributed by atoms with van der Waals surface area (Å²) < 4.78 is 0. The Morgan fingerprint density at radius 2 is 2.00 bits per heavy atom. The summed E-state index contributed by atoms with van der Waals surface area (Å²) in [6.07, 6.45) is -0.144. The molecule has 1 unspecified atom stereocenters. The third kappa shape index (κ3) is 2.48. The molecule has 4 heteroatoms. The van der Waals surface area contributed by atoms with E-state index in [1.54, 1.807) is 24.3 Å². The zero-order valence-corrected chi connectivity index (χ0v) is 7.62. The number of benzene rings is 1. The predicted octanol–water partition coefficient (Wildman–Crippen LogP) is 1.57. The molecule has 0 saturated carbocycles. The molecule has 2 nitrogen and oxygen atoms in total. The monoisotopic (exact) mass is 191 g/mol. The molecule has 0 spiro atoms. The lowest BCUT2D eigenvalue weighted by molar-refractivity contribution is 0.133. The van der Waals surface area contributed by atoms with E-state index in [1.165, 1.54) is 0 Å². The fourth-order valence-electron chi connectivity index (χ4n) is 0.961. The molecule has 0 aliphatic rings. The van der Waals surface area contributed by atoms with Crippen LogP contribution in [0.5, 0.6) is 0 Å². The predicted molar refractivity (Wildman–Crippen MR) is 51.3 cm³/mol. The van der Waals surface area contributed by atoms with Gasteiger partial charge in [-0.3, -0.25) is 0 Å². The molecule has 0 bridgehead atoms. The summed E-state index contributed by atoms with van der Waals surface area (Å²) in [6, 6.07) is 8.24. The minimum Gasteiger partial charge on any atom is -0.394 e. The maximum Gasteiger partial charge on any atom is 0.121 e. The lowest BCUT2D eigenvalue weighted by atomic mass is 9.74. The molecule has 0 heterocycles. The van der Waals surface area contributed by atoms with Crippen LogP contribution in [-0.4, -0.2) is 13.0 Å². The Labute approximate surface area is 83.2 Å². The lowest BCUT2D eigenvalue weighted by Crippen LogP contribution is -2.24. The number of rotatable bonds is 2. The van der Waals surface area contributed by atoms with Crippen LogP contribution in [-0.2, 0) is 5.50 Å². The largest absolute Gasteiger partial charge is 0.394 e. The minimum atomic E-state index is -1.58. The van der Waals surface area contributed by atoms with Crippen LogP contribution in [0.4, 0.5) is 0 Å². The first kappa shape index (κ1) is 10.1. The molecule has 1 aromatic rings. The summed E-state index contributed by atoms with van der Waals surface area (Å²) >= 11 is 5.65. The zero-order valence-electron chi connectivity index (χ0n) is 6.87. The van der Waals surface area contributed by atoms with E-state index in [2.05, 4.69) is 0 Å². The van der Waals surface area contributed by atoms with E-state index in [4.69, 9.17) is 24.7 Å². The van der Waals surface area contributed by atoms with Gasteiger partial charge >= 0.3 is 0 Å². The molecule has 0 amide bonds. The summed E-state index contributed by atoms with van der Waals surface area (Å²) in [6.45, 7) is 0. The van der Waals surface area contributed by atoms with Gasteiger partial charge in [0.15, 0.2) is 0 Å². The Bertz CT molecular complexity index is 328. The smallest absolute Gasteiger partial charge is 0.121 e. The van der Waals surface area contributed by atoms with E-state index in [1.807, 2.05) is 6.07 Å². The van der Waals surface area contributed by atoms with Crippen LogP contribution in [0, 0.1) is 11.3 Å². The minimum absolute atomic E-state index is 0.144. The van der Waals surface area contributed by atoms with Crippen LogP contribution < -0.4 is 0 Å². The van der Waals surface area contributed by atoms with Gasteiger partial charge in [-0.05, 0) is 17.7 Å². The highest BCUT2D eigenvalue weighted by molar-refractivity contribution is 6.30.